The maximum Gasteiger partial charge on any atom is 0.319 e. The molecule has 0 aromatic heterocycles. The van der Waals surface area contributed by atoms with Gasteiger partial charge in [-0.25, -0.2) is 4.79 Å². The Hall–Kier alpha value is -3.35. The van der Waals surface area contributed by atoms with Gasteiger partial charge in [0.25, 0.3) is 0 Å². The summed E-state index contributed by atoms with van der Waals surface area (Å²) < 4.78 is 0. The summed E-state index contributed by atoms with van der Waals surface area (Å²) in [5.41, 5.74) is 3.17. The molecule has 2 aromatic carbocycles. The second-order valence-electron chi connectivity index (χ2n) is 6.36. The normalized spacial score (nSPS) is 12.8. The lowest BCUT2D eigenvalue weighted by Crippen LogP contribution is -2.36. The van der Waals surface area contributed by atoms with Gasteiger partial charge in [0, 0.05) is 24.5 Å². The van der Waals surface area contributed by atoms with Gasteiger partial charge in [0.15, 0.2) is 0 Å². The van der Waals surface area contributed by atoms with Crippen LogP contribution in [0.4, 0.5) is 16.2 Å². The van der Waals surface area contributed by atoms with E-state index >= 15 is 0 Å². The molecule has 3 N–H and O–H groups in total. The first-order chi connectivity index (χ1) is 13.0. The Morgan fingerprint density at radius 2 is 1.85 bits per heavy atom. The van der Waals surface area contributed by atoms with E-state index in [4.69, 9.17) is 5.11 Å². The van der Waals surface area contributed by atoms with Crippen molar-refractivity contribution in [1.82, 2.24) is 5.32 Å². The number of urea groups is 1. The highest BCUT2D eigenvalue weighted by molar-refractivity contribution is 6.04. The fourth-order valence-electron chi connectivity index (χ4n) is 3.09. The highest BCUT2D eigenvalue weighted by Gasteiger charge is 2.24. The first kappa shape index (κ1) is 18.4. The number of nitrogens with zero attached hydrogens (tertiary/aromatic N) is 1. The van der Waals surface area contributed by atoms with Crippen molar-refractivity contribution in [2.24, 2.45) is 0 Å². The summed E-state index contributed by atoms with van der Waals surface area (Å²) >= 11 is 0. The number of aliphatic carboxylic acids is 1. The van der Waals surface area contributed by atoms with Crippen molar-refractivity contribution in [3.63, 3.8) is 0 Å². The predicted molar refractivity (Wildman–Crippen MR) is 102 cm³/mol. The molecule has 1 heterocycles. The number of hydrogen-bond donors (Lipinski definition) is 3. The molecule has 0 aliphatic carbocycles. The number of carbonyl (C=O) groups excluding carboxylic acids is 2. The summed E-state index contributed by atoms with van der Waals surface area (Å²) in [6.07, 6.45) is 1.05. The Bertz CT molecular complexity index is 852. The average molecular weight is 367 g/mol. The van der Waals surface area contributed by atoms with Crippen molar-refractivity contribution < 1.29 is 19.5 Å². The van der Waals surface area contributed by atoms with Crippen LogP contribution >= 0.6 is 0 Å². The topological polar surface area (TPSA) is 98.7 Å². The number of benzene rings is 2. The molecule has 1 aliphatic heterocycles. The van der Waals surface area contributed by atoms with Crippen LogP contribution < -0.4 is 15.5 Å². The van der Waals surface area contributed by atoms with Gasteiger partial charge in [-0.2, -0.15) is 0 Å². The zero-order chi connectivity index (χ0) is 19.2. The van der Waals surface area contributed by atoms with Crippen molar-refractivity contribution in [2.75, 3.05) is 16.8 Å². The van der Waals surface area contributed by atoms with Crippen molar-refractivity contribution in [3.05, 3.63) is 59.7 Å². The van der Waals surface area contributed by atoms with Crippen molar-refractivity contribution in [2.45, 2.75) is 25.8 Å². The van der Waals surface area contributed by atoms with Crippen LogP contribution in [-0.2, 0) is 22.6 Å². The predicted octanol–water partition coefficient (Wildman–Crippen LogP) is 2.76. The molecule has 3 amide bonds. The van der Waals surface area contributed by atoms with Crippen LogP contribution in [0.25, 0.3) is 0 Å². The molecule has 3 rings (SSSR count). The van der Waals surface area contributed by atoms with Crippen molar-refractivity contribution in [3.8, 4) is 0 Å². The van der Waals surface area contributed by atoms with Crippen LogP contribution in [-0.4, -0.2) is 29.6 Å². The molecular formula is C20H21N3O4. The van der Waals surface area contributed by atoms with Gasteiger partial charge in [0.05, 0.1) is 0 Å². The molecule has 2 aromatic rings. The van der Waals surface area contributed by atoms with Gasteiger partial charge in [0.2, 0.25) is 5.91 Å². The molecule has 0 radical (unpaired) electrons. The molecule has 0 bridgehead atoms. The Labute approximate surface area is 157 Å². The Morgan fingerprint density at radius 1 is 1.07 bits per heavy atom. The molecule has 1 aliphatic rings. The van der Waals surface area contributed by atoms with E-state index in [1.54, 1.807) is 12.1 Å². The number of rotatable bonds is 5. The molecule has 0 fully saturated rings. The minimum absolute atomic E-state index is 0.349. The minimum Gasteiger partial charge on any atom is -0.481 e. The maximum atomic E-state index is 12.2. The van der Waals surface area contributed by atoms with E-state index in [-0.39, 0.29) is 6.03 Å². The zero-order valence-electron chi connectivity index (χ0n) is 14.8. The molecule has 0 saturated heterocycles. The summed E-state index contributed by atoms with van der Waals surface area (Å²) in [7, 11) is 0. The third kappa shape index (κ3) is 4.84. The quantitative estimate of drug-likeness (QED) is 0.708. The largest absolute Gasteiger partial charge is 0.481 e. The van der Waals surface area contributed by atoms with E-state index in [2.05, 4.69) is 10.6 Å². The van der Waals surface area contributed by atoms with Crippen LogP contribution in [0.15, 0.2) is 48.5 Å². The van der Waals surface area contributed by atoms with E-state index in [1.807, 2.05) is 36.4 Å². The van der Waals surface area contributed by atoms with Gasteiger partial charge in [-0.3, -0.25) is 9.59 Å². The SMILES string of the molecule is O=C(O)CC(=O)N1CCCc2ccc(NC(=O)NCc3ccccc3)cc21. The first-order valence-corrected chi connectivity index (χ1v) is 8.77. The third-order valence-electron chi connectivity index (χ3n) is 4.36. The maximum absolute atomic E-state index is 12.2. The molecule has 0 spiro atoms. The van der Waals surface area contributed by atoms with E-state index in [1.165, 1.54) is 4.90 Å². The average Bonchev–Trinajstić information content (AvgIpc) is 2.66. The standard InChI is InChI=1S/C20H21N3O4/c24-18(12-19(25)26)23-10-4-7-15-8-9-16(11-17(15)23)22-20(27)21-13-14-5-2-1-3-6-14/h1-3,5-6,8-9,11H,4,7,10,12-13H2,(H,25,26)(H2,21,22,27). The van der Waals surface area contributed by atoms with E-state index < -0.39 is 18.3 Å². The first-order valence-electron chi connectivity index (χ1n) is 8.77. The van der Waals surface area contributed by atoms with Gasteiger partial charge in [-0.05, 0) is 36.1 Å². The molecule has 140 valence electrons. The van der Waals surface area contributed by atoms with Crippen LogP contribution in [0.3, 0.4) is 0 Å². The van der Waals surface area contributed by atoms with Crippen LogP contribution in [0.2, 0.25) is 0 Å². The van der Waals surface area contributed by atoms with E-state index in [9.17, 15) is 14.4 Å². The second-order valence-corrected chi connectivity index (χ2v) is 6.36. The van der Waals surface area contributed by atoms with E-state index in [0.717, 1.165) is 24.0 Å². The number of aryl methyl sites for hydroxylation is 1. The Balaban J connectivity index is 1.68. The number of fused-ring (bicyclic) bond motifs is 1. The lowest BCUT2D eigenvalue weighted by atomic mass is 10.0. The molecule has 0 atom stereocenters. The summed E-state index contributed by atoms with van der Waals surface area (Å²) in [5.74, 6) is -1.60. The summed E-state index contributed by atoms with van der Waals surface area (Å²) in [5, 5.41) is 14.4. The summed E-state index contributed by atoms with van der Waals surface area (Å²) in [6, 6.07) is 14.6. The number of anilines is 2. The van der Waals surface area contributed by atoms with Gasteiger partial charge in [0.1, 0.15) is 6.42 Å². The molecule has 7 heteroatoms. The van der Waals surface area contributed by atoms with Crippen LogP contribution in [0, 0.1) is 0 Å². The molecule has 27 heavy (non-hydrogen) atoms. The van der Waals surface area contributed by atoms with Gasteiger partial charge < -0.3 is 20.6 Å². The number of amides is 3. The molecular weight excluding hydrogens is 346 g/mol. The monoisotopic (exact) mass is 367 g/mol. The Morgan fingerprint density at radius 3 is 2.59 bits per heavy atom. The van der Waals surface area contributed by atoms with Gasteiger partial charge >= 0.3 is 12.0 Å². The summed E-state index contributed by atoms with van der Waals surface area (Å²) in [6.45, 7) is 0.879. The number of carboxylic acids is 1. The lowest BCUT2D eigenvalue weighted by Gasteiger charge is -2.29. The van der Waals surface area contributed by atoms with Crippen LogP contribution in [0.1, 0.15) is 24.0 Å². The lowest BCUT2D eigenvalue weighted by molar-refractivity contribution is -0.140. The highest BCUT2D eigenvalue weighted by atomic mass is 16.4. The van der Waals surface area contributed by atoms with Crippen molar-refractivity contribution >= 4 is 29.3 Å². The fourth-order valence-corrected chi connectivity index (χ4v) is 3.09. The summed E-state index contributed by atoms with van der Waals surface area (Å²) in [4.78, 5) is 36.7. The van der Waals surface area contributed by atoms with Crippen LogP contribution in [0.5, 0.6) is 0 Å². The van der Waals surface area contributed by atoms with Gasteiger partial charge in [-0.1, -0.05) is 36.4 Å². The third-order valence-corrected chi connectivity index (χ3v) is 4.36. The number of carbonyl (C=O) groups is 3. The van der Waals surface area contributed by atoms with E-state index in [0.29, 0.717) is 24.5 Å². The smallest absolute Gasteiger partial charge is 0.319 e. The van der Waals surface area contributed by atoms with Crippen molar-refractivity contribution in [1.29, 1.82) is 0 Å². The highest BCUT2D eigenvalue weighted by Crippen LogP contribution is 2.30. The number of hydrogen-bond acceptors (Lipinski definition) is 3. The zero-order valence-corrected chi connectivity index (χ0v) is 14.8. The van der Waals surface area contributed by atoms with Gasteiger partial charge in [-0.15, -0.1) is 0 Å². The molecule has 7 nitrogen and oxygen atoms in total. The number of carboxylic acid groups (broad SMARTS) is 1. The molecule has 0 saturated carbocycles. The number of nitrogens with one attached hydrogen (secondary N) is 2. The Kier molecular flexibility index (Phi) is 5.71. The fraction of sp³-hybridized carbons (Fsp3) is 0.250. The molecule has 0 unspecified atom stereocenters. The second kappa shape index (κ2) is 8.35. The minimum atomic E-state index is -1.15.